The van der Waals surface area contributed by atoms with Gasteiger partial charge in [-0.25, -0.2) is 0 Å². The van der Waals surface area contributed by atoms with Crippen LogP contribution in [0.5, 0.6) is 0 Å². The van der Waals surface area contributed by atoms with E-state index in [-0.39, 0.29) is 0 Å². The maximum absolute atomic E-state index is 2.39. The molecule has 0 N–H and O–H groups in total. The first-order valence-electron chi connectivity index (χ1n) is 12.0. The lowest BCUT2D eigenvalue weighted by atomic mass is 10.0. The van der Waals surface area contributed by atoms with Gasteiger partial charge in [0.2, 0.25) is 0 Å². The molecule has 0 saturated carbocycles. The van der Waals surface area contributed by atoms with Crippen LogP contribution in [0.1, 0.15) is 115 Å². The fourth-order valence-electron chi connectivity index (χ4n) is 4.04. The summed E-state index contributed by atoms with van der Waals surface area (Å²) < 4.78 is 1.10. The van der Waals surface area contributed by atoms with Crippen LogP contribution in [0.3, 0.4) is 0 Å². The summed E-state index contributed by atoms with van der Waals surface area (Å²) in [5.41, 5.74) is 1.47. The van der Waals surface area contributed by atoms with Crippen molar-refractivity contribution in [1.82, 2.24) is 0 Å². The highest BCUT2D eigenvalue weighted by atomic mass is 15.3. The van der Waals surface area contributed by atoms with Gasteiger partial charge in [0.25, 0.3) is 0 Å². The minimum atomic E-state index is 0.577. The molecule has 0 unspecified atom stereocenters. The number of unbranched alkanes of at least 4 members (excludes halogenated alkanes) is 13. The van der Waals surface area contributed by atoms with Crippen LogP contribution in [0.4, 0.5) is 0 Å². The van der Waals surface area contributed by atoms with Crippen LogP contribution in [0.15, 0.2) is 30.3 Å². The van der Waals surface area contributed by atoms with Gasteiger partial charge < -0.3 is 4.48 Å². The summed E-state index contributed by atoms with van der Waals surface area (Å²) in [5.74, 6) is 0. The maximum Gasteiger partial charge on any atom is 0.111 e. The zero-order valence-corrected chi connectivity index (χ0v) is 19.0. The van der Waals surface area contributed by atoms with Crippen LogP contribution in [0.25, 0.3) is 0 Å². The third-order valence-electron chi connectivity index (χ3n) is 6.42. The summed E-state index contributed by atoms with van der Waals surface area (Å²) >= 11 is 0. The Morgan fingerprint density at radius 3 is 1.48 bits per heavy atom. The maximum atomic E-state index is 2.39. The second-order valence-corrected chi connectivity index (χ2v) is 9.19. The average Bonchev–Trinajstić information content (AvgIpc) is 2.68. The zero-order valence-electron chi connectivity index (χ0n) is 19.0. The molecule has 0 aromatic heterocycles. The van der Waals surface area contributed by atoms with Crippen molar-refractivity contribution in [3.63, 3.8) is 0 Å². The summed E-state index contributed by atoms with van der Waals surface area (Å²) in [6, 6.07) is 11.6. The van der Waals surface area contributed by atoms with Crippen molar-refractivity contribution in [3.8, 4) is 0 Å². The minimum absolute atomic E-state index is 0.577. The molecule has 0 aliphatic carbocycles. The van der Waals surface area contributed by atoms with E-state index in [9.17, 15) is 0 Å². The van der Waals surface area contributed by atoms with Gasteiger partial charge in [0, 0.05) is 5.56 Å². The van der Waals surface area contributed by atoms with Gasteiger partial charge in [0.15, 0.2) is 0 Å². The molecule has 1 heteroatoms. The SMILES string of the molecule is CCCCCCCCCCCCCCCC[N+](C)(C)[C@H](C)c1ccccc1. The lowest BCUT2D eigenvalue weighted by Gasteiger charge is -2.36. The molecule has 1 aromatic carbocycles. The topological polar surface area (TPSA) is 0 Å². The van der Waals surface area contributed by atoms with Gasteiger partial charge in [-0.3, -0.25) is 0 Å². The summed E-state index contributed by atoms with van der Waals surface area (Å²) in [6.45, 7) is 5.96. The van der Waals surface area contributed by atoms with Crippen molar-refractivity contribution in [1.29, 1.82) is 0 Å². The van der Waals surface area contributed by atoms with Crippen LogP contribution in [0, 0.1) is 0 Å². The fourth-order valence-corrected chi connectivity index (χ4v) is 4.04. The predicted octanol–water partition coefficient (Wildman–Crippen LogP) is 8.31. The lowest BCUT2D eigenvalue weighted by Crippen LogP contribution is -2.42. The molecule has 27 heavy (non-hydrogen) atoms. The highest BCUT2D eigenvalue weighted by molar-refractivity contribution is 5.16. The molecule has 0 heterocycles. The van der Waals surface area contributed by atoms with Gasteiger partial charge in [-0.05, 0) is 19.8 Å². The summed E-state index contributed by atoms with van der Waals surface area (Å²) in [5, 5.41) is 0. The standard InChI is InChI=1S/C26H48N/c1-5-6-7-8-9-10-11-12-13-14-15-16-17-21-24-27(3,4)25(2)26-22-19-18-20-23-26/h18-20,22-23,25H,5-17,21,24H2,1-4H3/q+1/t25-/m1/s1. The van der Waals surface area contributed by atoms with Crippen LogP contribution in [-0.4, -0.2) is 25.1 Å². The highest BCUT2D eigenvalue weighted by Gasteiger charge is 2.24. The zero-order chi connectivity index (χ0) is 19.8. The van der Waals surface area contributed by atoms with Crippen LogP contribution >= 0.6 is 0 Å². The number of nitrogens with zero attached hydrogens (tertiary/aromatic N) is 1. The monoisotopic (exact) mass is 374 g/mol. The number of benzene rings is 1. The first-order valence-corrected chi connectivity index (χ1v) is 12.0. The van der Waals surface area contributed by atoms with Crippen LogP contribution in [0.2, 0.25) is 0 Å². The van der Waals surface area contributed by atoms with E-state index >= 15 is 0 Å². The first-order chi connectivity index (χ1) is 13.1. The van der Waals surface area contributed by atoms with Gasteiger partial charge in [-0.1, -0.05) is 114 Å². The molecule has 0 amide bonds. The quantitative estimate of drug-likeness (QED) is 0.190. The van der Waals surface area contributed by atoms with Gasteiger partial charge in [0.05, 0.1) is 20.6 Å². The Labute approximate surface area is 171 Å². The molecule has 0 aliphatic rings. The molecular formula is C26H48N+. The molecule has 1 rings (SSSR count). The molecule has 1 atom stereocenters. The molecule has 0 radical (unpaired) electrons. The Hall–Kier alpha value is -0.820. The molecule has 0 saturated heterocycles. The molecule has 1 nitrogen and oxygen atoms in total. The third-order valence-corrected chi connectivity index (χ3v) is 6.42. The molecule has 0 bridgehead atoms. The molecule has 0 aliphatic heterocycles. The van der Waals surface area contributed by atoms with Gasteiger partial charge >= 0.3 is 0 Å². The van der Waals surface area contributed by atoms with Gasteiger partial charge in [0.1, 0.15) is 6.04 Å². The van der Waals surface area contributed by atoms with Crippen molar-refractivity contribution in [2.75, 3.05) is 20.6 Å². The second-order valence-electron chi connectivity index (χ2n) is 9.19. The summed E-state index contributed by atoms with van der Waals surface area (Å²) in [7, 11) is 4.78. The molecule has 1 aromatic rings. The smallest absolute Gasteiger partial charge is 0.111 e. The van der Waals surface area contributed by atoms with E-state index < -0.39 is 0 Å². The number of hydrogen-bond donors (Lipinski definition) is 0. The molecule has 0 spiro atoms. The minimum Gasteiger partial charge on any atom is -0.323 e. The lowest BCUT2D eigenvalue weighted by molar-refractivity contribution is -0.919. The summed E-state index contributed by atoms with van der Waals surface area (Å²) in [6.07, 6.45) is 20.1. The number of quaternary nitrogens is 1. The molecule has 0 fully saturated rings. The van der Waals surface area contributed by atoms with E-state index in [2.05, 4.69) is 58.3 Å². The van der Waals surface area contributed by atoms with E-state index in [1.54, 1.807) is 0 Å². The van der Waals surface area contributed by atoms with Gasteiger partial charge in [-0.2, -0.15) is 0 Å². The Balaban J connectivity index is 1.95. The van der Waals surface area contributed by atoms with Crippen molar-refractivity contribution in [2.24, 2.45) is 0 Å². The predicted molar refractivity (Wildman–Crippen MR) is 122 cm³/mol. The second kappa shape index (κ2) is 15.1. The van der Waals surface area contributed by atoms with E-state index in [0.29, 0.717) is 6.04 Å². The molecule has 156 valence electrons. The van der Waals surface area contributed by atoms with Crippen molar-refractivity contribution < 1.29 is 4.48 Å². The van der Waals surface area contributed by atoms with Crippen molar-refractivity contribution >= 4 is 0 Å². The van der Waals surface area contributed by atoms with E-state index in [4.69, 9.17) is 0 Å². The van der Waals surface area contributed by atoms with E-state index in [0.717, 1.165) is 4.48 Å². The number of rotatable bonds is 17. The fraction of sp³-hybridized carbons (Fsp3) is 0.769. The van der Waals surface area contributed by atoms with Gasteiger partial charge in [-0.15, -0.1) is 0 Å². The van der Waals surface area contributed by atoms with Crippen LogP contribution < -0.4 is 0 Å². The Morgan fingerprint density at radius 1 is 0.630 bits per heavy atom. The Bertz CT molecular complexity index is 437. The Kier molecular flexibility index (Phi) is 13.6. The third kappa shape index (κ3) is 11.6. The normalized spacial score (nSPS) is 13.0. The van der Waals surface area contributed by atoms with Crippen LogP contribution in [-0.2, 0) is 0 Å². The molecular weight excluding hydrogens is 326 g/mol. The largest absolute Gasteiger partial charge is 0.323 e. The number of hydrogen-bond acceptors (Lipinski definition) is 0. The van der Waals surface area contributed by atoms with Crippen molar-refractivity contribution in [3.05, 3.63) is 35.9 Å². The van der Waals surface area contributed by atoms with E-state index in [1.165, 1.54) is 102 Å². The average molecular weight is 375 g/mol. The Morgan fingerprint density at radius 2 is 1.04 bits per heavy atom. The highest BCUT2D eigenvalue weighted by Crippen LogP contribution is 2.25. The first kappa shape index (κ1) is 24.2. The van der Waals surface area contributed by atoms with Crippen molar-refractivity contribution in [2.45, 2.75) is 110 Å². The summed E-state index contributed by atoms with van der Waals surface area (Å²) in [4.78, 5) is 0. The van der Waals surface area contributed by atoms with E-state index in [1.807, 2.05) is 0 Å².